The van der Waals surface area contributed by atoms with Gasteiger partial charge in [0.15, 0.2) is 0 Å². The Bertz CT molecular complexity index is 638. The van der Waals surface area contributed by atoms with Crippen LogP contribution < -0.4 is 4.74 Å². The van der Waals surface area contributed by atoms with Crippen LogP contribution in [-0.2, 0) is 0 Å². The van der Waals surface area contributed by atoms with Crippen LogP contribution in [0.3, 0.4) is 0 Å². The molecule has 2 aromatic rings. The first-order valence-corrected chi connectivity index (χ1v) is 7.71. The Hall–Kier alpha value is -1.94. The van der Waals surface area contributed by atoms with Gasteiger partial charge < -0.3 is 9.84 Å². The lowest BCUT2D eigenvalue weighted by atomic mass is 10.1. The average molecular weight is 302 g/mol. The third kappa shape index (κ3) is 4.53. The van der Waals surface area contributed by atoms with E-state index in [1.54, 1.807) is 30.0 Å². The Morgan fingerprint density at radius 1 is 1.19 bits per heavy atom. The van der Waals surface area contributed by atoms with Crippen LogP contribution in [-0.4, -0.2) is 23.4 Å². The standard InChI is InChI=1S/C17H18O3S/c1-12-6-7-13(2)16(10-12)20-8-9-21-15-5-3-4-14(11-15)17(18)19/h3-7,10-11H,8-9H2,1-2H3,(H,18,19). The summed E-state index contributed by atoms with van der Waals surface area (Å²) >= 11 is 1.59. The average Bonchev–Trinajstić information content (AvgIpc) is 2.47. The molecule has 0 amide bonds. The molecule has 3 nitrogen and oxygen atoms in total. The Labute approximate surface area is 129 Å². The van der Waals surface area contributed by atoms with Gasteiger partial charge in [0.2, 0.25) is 0 Å². The van der Waals surface area contributed by atoms with E-state index in [0.29, 0.717) is 12.2 Å². The summed E-state index contributed by atoms with van der Waals surface area (Å²) in [6.45, 7) is 4.66. The number of aryl methyl sites for hydroxylation is 2. The van der Waals surface area contributed by atoms with Crippen molar-refractivity contribution in [1.82, 2.24) is 0 Å². The Morgan fingerprint density at radius 2 is 2.00 bits per heavy atom. The molecule has 0 aromatic heterocycles. The molecular formula is C17H18O3S. The SMILES string of the molecule is Cc1ccc(C)c(OCCSc2cccc(C(=O)O)c2)c1. The highest BCUT2D eigenvalue weighted by Crippen LogP contribution is 2.22. The summed E-state index contributed by atoms with van der Waals surface area (Å²) in [7, 11) is 0. The van der Waals surface area contributed by atoms with Crippen LogP contribution in [0.5, 0.6) is 5.75 Å². The second kappa shape index (κ2) is 7.18. The van der Waals surface area contributed by atoms with Gasteiger partial charge in [-0.1, -0.05) is 18.2 Å². The van der Waals surface area contributed by atoms with Crippen molar-refractivity contribution < 1.29 is 14.6 Å². The smallest absolute Gasteiger partial charge is 0.335 e. The largest absolute Gasteiger partial charge is 0.492 e. The van der Waals surface area contributed by atoms with Crippen LogP contribution in [0.1, 0.15) is 21.5 Å². The topological polar surface area (TPSA) is 46.5 Å². The Kier molecular flexibility index (Phi) is 5.28. The number of carboxylic acids is 1. The third-order valence-corrected chi connectivity index (χ3v) is 3.99. The fourth-order valence-corrected chi connectivity index (χ4v) is 2.68. The zero-order valence-electron chi connectivity index (χ0n) is 12.1. The van der Waals surface area contributed by atoms with Crippen molar-refractivity contribution in [3.63, 3.8) is 0 Å². The summed E-state index contributed by atoms with van der Waals surface area (Å²) in [4.78, 5) is 11.8. The van der Waals surface area contributed by atoms with E-state index in [4.69, 9.17) is 9.84 Å². The number of benzene rings is 2. The van der Waals surface area contributed by atoms with Gasteiger partial charge in [-0.2, -0.15) is 0 Å². The van der Waals surface area contributed by atoms with Crippen LogP contribution in [0.25, 0.3) is 0 Å². The van der Waals surface area contributed by atoms with Crippen LogP contribution in [0.2, 0.25) is 0 Å². The monoisotopic (exact) mass is 302 g/mol. The van der Waals surface area contributed by atoms with Gasteiger partial charge in [0.05, 0.1) is 12.2 Å². The molecule has 110 valence electrons. The van der Waals surface area contributed by atoms with Crippen LogP contribution in [0.15, 0.2) is 47.4 Å². The van der Waals surface area contributed by atoms with Crippen molar-refractivity contribution in [1.29, 1.82) is 0 Å². The lowest BCUT2D eigenvalue weighted by Crippen LogP contribution is -2.02. The van der Waals surface area contributed by atoms with E-state index in [1.807, 2.05) is 32.0 Å². The molecule has 0 saturated heterocycles. The number of carboxylic acid groups (broad SMARTS) is 1. The predicted octanol–water partition coefficient (Wildman–Crippen LogP) is 4.17. The van der Waals surface area contributed by atoms with Gasteiger partial charge in [0, 0.05) is 10.6 Å². The highest BCUT2D eigenvalue weighted by atomic mass is 32.2. The van der Waals surface area contributed by atoms with Crippen molar-refractivity contribution in [3.8, 4) is 5.75 Å². The van der Waals surface area contributed by atoms with Gasteiger partial charge in [-0.3, -0.25) is 0 Å². The maximum atomic E-state index is 10.9. The number of hydrogen-bond donors (Lipinski definition) is 1. The molecule has 0 unspecified atom stereocenters. The minimum Gasteiger partial charge on any atom is -0.492 e. The summed E-state index contributed by atoms with van der Waals surface area (Å²) < 4.78 is 5.78. The maximum absolute atomic E-state index is 10.9. The normalized spacial score (nSPS) is 10.4. The van der Waals surface area contributed by atoms with Crippen LogP contribution >= 0.6 is 11.8 Å². The number of hydrogen-bond acceptors (Lipinski definition) is 3. The fourth-order valence-electron chi connectivity index (χ4n) is 1.89. The molecule has 0 aliphatic rings. The molecule has 0 aliphatic heterocycles. The summed E-state index contributed by atoms with van der Waals surface area (Å²) in [6.07, 6.45) is 0. The number of carbonyl (C=O) groups is 1. The van der Waals surface area contributed by atoms with E-state index >= 15 is 0 Å². The second-order valence-electron chi connectivity index (χ2n) is 4.80. The molecule has 1 N–H and O–H groups in total. The zero-order chi connectivity index (χ0) is 15.2. The first kappa shape index (κ1) is 15.4. The summed E-state index contributed by atoms with van der Waals surface area (Å²) in [5, 5.41) is 8.95. The molecule has 2 rings (SSSR count). The lowest BCUT2D eigenvalue weighted by molar-refractivity contribution is 0.0696. The minimum atomic E-state index is -0.899. The minimum absolute atomic E-state index is 0.315. The Balaban J connectivity index is 1.86. The van der Waals surface area contributed by atoms with E-state index in [9.17, 15) is 4.79 Å². The summed E-state index contributed by atoms with van der Waals surface area (Å²) in [5.41, 5.74) is 2.62. The molecule has 0 atom stereocenters. The van der Waals surface area contributed by atoms with E-state index in [-0.39, 0.29) is 0 Å². The molecular weight excluding hydrogens is 284 g/mol. The van der Waals surface area contributed by atoms with Crippen molar-refractivity contribution in [2.45, 2.75) is 18.7 Å². The van der Waals surface area contributed by atoms with Crippen molar-refractivity contribution >= 4 is 17.7 Å². The molecule has 0 radical (unpaired) electrons. The lowest BCUT2D eigenvalue weighted by Gasteiger charge is -2.10. The van der Waals surface area contributed by atoms with Gasteiger partial charge in [-0.25, -0.2) is 4.79 Å². The number of ether oxygens (including phenoxy) is 1. The van der Waals surface area contributed by atoms with E-state index in [2.05, 4.69) is 6.07 Å². The van der Waals surface area contributed by atoms with E-state index < -0.39 is 5.97 Å². The van der Waals surface area contributed by atoms with Gasteiger partial charge in [0.25, 0.3) is 0 Å². The first-order valence-electron chi connectivity index (χ1n) is 6.72. The molecule has 0 bridgehead atoms. The number of thioether (sulfide) groups is 1. The molecule has 0 spiro atoms. The fraction of sp³-hybridized carbons (Fsp3) is 0.235. The highest BCUT2D eigenvalue weighted by Gasteiger charge is 2.04. The van der Waals surface area contributed by atoms with Crippen LogP contribution in [0.4, 0.5) is 0 Å². The summed E-state index contributed by atoms with van der Waals surface area (Å²) in [6, 6.07) is 13.1. The quantitative estimate of drug-likeness (QED) is 0.642. The molecule has 0 saturated carbocycles. The van der Waals surface area contributed by atoms with Crippen LogP contribution in [0, 0.1) is 13.8 Å². The third-order valence-electron chi connectivity index (χ3n) is 3.03. The molecule has 2 aromatic carbocycles. The van der Waals surface area contributed by atoms with E-state index in [0.717, 1.165) is 22.0 Å². The van der Waals surface area contributed by atoms with E-state index in [1.165, 1.54) is 5.56 Å². The second-order valence-corrected chi connectivity index (χ2v) is 5.97. The molecule has 0 heterocycles. The van der Waals surface area contributed by atoms with Crippen molar-refractivity contribution in [2.75, 3.05) is 12.4 Å². The molecule has 0 aliphatic carbocycles. The summed E-state index contributed by atoms with van der Waals surface area (Å²) in [5.74, 6) is 0.787. The maximum Gasteiger partial charge on any atom is 0.335 e. The molecule has 0 fully saturated rings. The highest BCUT2D eigenvalue weighted by molar-refractivity contribution is 7.99. The van der Waals surface area contributed by atoms with Gasteiger partial charge in [-0.05, 0) is 49.2 Å². The van der Waals surface area contributed by atoms with Gasteiger partial charge in [0.1, 0.15) is 5.75 Å². The zero-order valence-corrected chi connectivity index (χ0v) is 12.9. The molecule has 21 heavy (non-hydrogen) atoms. The first-order chi connectivity index (χ1) is 10.1. The van der Waals surface area contributed by atoms with Crippen molar-refractivity contribution in [3.05, 3.63) is 59.2 Å². The number of rotatable bonds is 6. The van der Waals surface area contributed by atoms with Gasteiger partial charge in [-0.15, -0.1) is 11.8 Å². The number of aromatic carboxylic acids is 1. The predicted molar refractivity (Wildman–Crippen MR) is 85.5 cm³/mol. The van der Waals surface area contributed by atoms with Gasteiger partial charge >= 0.3 is 5.97 Å². The Morgan fingerprint density at radius 3 is 2.76 bits per heavy atom. The molecule has 4 heteroatoms. The van der Waals surface area contributed by atoms with Crippen molar-refractivity contribution in [2.24, 2.45) is 0 Å².